The molecule has 8 heteroatoms. The van der Waals surface area contributed by atoms with Crippen molar-refractivity contribution in [3.8, 4) is 5.75 Å². The molecule has 2 aromatic heterocycles. The van der Waals surface area contributed by atoms with E-state index in [1.807, 2.05) is 45.9 Å². The summed E-state index contributed by atoms with van der Waals surface area (Å²) in [6.07, 6.45) is 1.20. The highest BCUT2D eigenvalue weighted by Crippen LogP contribution is 2.25. The lowest BCUT2D eigenvalue weighted by Gasteiger charge is -2.23. The average molecular weight is 355 g/mol. The SMILES string of the molecule is Cc1ccc(CNc2ccc3ncc([N+](=O)[O-])n3n2)c(OC(C)(C)C)c1. The maximum atomic E-state index is 11.0. The molecular formula is C18H21N5O3. The van der Waals surface area contributed by atoms with Gasteiger partial charge in [-0.05, 0) is 50.3 Å². The zero-order chi connectivity index (χ0) is 18.9. The minimum absolute atomic E-state index is 0.171. The topological polar surface area (TPSA) is 94.6 Å². The van der Waals surface area contributed by atoms with Crippen LogP contribution in [-0.2, 0) is 6.54 Å². The Labute approximate surface area is 151 Å². The van der Waals surface area contributed by atoms with Crippen LogP contribution in [0.3, 0.4) is 0 Å². The van der Waals surface area contributed by atoms with E-state index in [1.165, 1.54) is 10.7 Å². The van der Waals surface area contributed by atoms with Gasteiger partial charge in [-0.15, -0.1) is 0 Å². The van der Waals surface area contributed by atoms with Crippen LogP contribution in [0, 0.1) is 17.0 Å². The van der Waals surface area contributed by atoms with Crippen LogP contribution in [0.15, 0.2) is 36.5 Å². The van der Waals surface area contributed by atoms with Gasteiger partial charge in [-0.2, -0.15) is 0 Å². The van der Waals surface area contributed by atoms with E-state index in [1.54, 1.807) is 12.1 Å². The van der Waals surface area contributed by atoms with E-state index < -0.39 is 4.92 Å². The molecular weight excluding hydrogens is 334 g/mol. The number of nitrogens with zero attached hydrogens (tertiary/aromatic N) is 4. The second-order valence-corrected chi connectivity index (χ2v) is 7.04. The Morgan fingerprint density at radius 1 is 1.27 bits per heavy atom. The van der Waals surface area contributed by atoms with Crippen LogP contribution in [0.5, 0.6) is 5.75 Å². The van der Waals surface area contributed by atoms with E-state index in [4.69, 9.17) is 4.74 Å². The zero-order valence-corrected chi connectivity index (χ0v) is 15.2. The van der Waals surface area contributed by atoms with Crippen molar-refractivity contribution in [2.45, 2.75) is 39.8 Å². The lowest BCUT2D eigenvalue weighted by molar-refractivity contribution is -0.391. The zero-order valence-electron chi connectivity index (χ0n) is 15.2. The lowest BCUT2D eigenvalue weighted by Crippen LogP contribution is -2.24. The van der Waals surface area contributed by atoms with E-state index >= 15 is 0 Å². The van der Waals surface area contributed by atoms with Gasteiger partial charge < -0.3 is 20.2 Å². The fourth-order valence-corrected chi connectivity index (χ4v) is 2.50. The predicted molar refractivity (Wildman–Crippen MR) is 98.5 cm³/mol. The van der Waals surface area contributed by atoms with Gasteiger partial charge in [0.1, 0.15) is 17.5 Å². The predicted octanol–water partition coefficient (Wildman–Crippen LogP) is 3.74. The molecule has 26 heavy (non-hydrogen) atoms. The third-order valence-corrected chi connectivity index (χ3v) is 3.63. The lowest BCUT2D eigenvalue weighted by atomic mass is 10.1. The second-order valence-electron chi connectivity index (χ2n) is 7.04. The van der Waals surface area contributed by atoms with E-state index in [0.29, 0.717) is 18.0 Å². The largest absolute Gasteiger partial charge is 0.488 e. The summed E-state index contributed by atoms with van der Waals surface area (Å²) in [6.45, 7) is 8.49. The summed E-state index contributed by atoms with van der Waals surface area (Å²) in [4.78, 5) is 14.5. The van der Waals surface area contributed by atoms with Crippen molar-refractivity contribution < 1.29 is 9.66 Å². The molecule has 0 aliphatic rings. The van der Waals surface area contributed by atoms with Crippen molar-refractivity contribution in [2.75, 3.05) is 5.32 Å². The second kappa shape index (κ2) is 6.62. The summed E-state index contributed by atoms with van der Waals surface area (Å²) in [5.41, 5.74) is 2.21. The molecule has 8 nitrogen and oxygen atoms in total. The van der Waals surface area contributed by atoms with Crippen molar-refractivity contribution in [3.05, 3.63) is 57.8 Å². The molecule has 0 saturated heterocycles. The van der Waals surface area contributed by atoms with Crippen molar-refractivity contribution in [3.63, 3.8) is 0 Å². The highest BCUT2D eigenvalue weighted by molar-refractivity contribution is 5.49. The number of aromatic nitrogens is 3. The Morgan fingerprint density at radius 2 is 2.04 bits per heavy atom. The molecule has 3 aromatic rings. The van der Waals surface area contributed by atoms with Gasteiger partial charge in [0.25, 0.3) is 0 Å². The van der Waals surface area contributed by atoms with E-state index in [-0.39, 0.29) is 11.4 Å². The Kier molecular flexibility index (Phi) is 4.50. The Bertz CT molecular complexity index is 959. The first kappa shape index (κ1) is 17.7. The highest BCUT2D eigenvalue weighted by Gasteiger charge is 2.17. The summed E-state index contributed by atoms with van der Waals surface area (Å²) in [7, 11) is 0. The maximum Gasteiger partial charge on any atom is 0.368 e. The first-order valence-electron chi connectivity index (χ1n) is 8.24. The molecule has 0 spiro atoms. The molecule has 136 valence electrons. The third kappa shape index (κ3) is 3.90. The normalized spacial score (nSPS) is 11.5. The van der Waals surface area contributed by atoms with Gasteiger partial charge in [0.15, 0.2) is 5.82 Å². The number of hydrogen-bond acceptors (Lipinski definition) is 6. The van der Waals surface area contributed by atoms with Gasteiger partial charge in [-0.3, -0.25) is 0 Å². The standard InChI is InChI=1S/C18H21N5O3/c1-12-5-6-13(14(9-12)26-18(2,3)4)10-19-15-7-8-16-20-11-17(23(24)25)22(16)21-15/h5-9,11H,10H2,1-4H3,(H,19,21). The molecule has 0 unspecified atom stereocenters. The molecule has 0 atom stereocenters. The smallest absolute Gasteiger partial charge is 0.368 e. The van der Waals surface area contributed by atoms with E-state index in [9.17, 15) is 10.1 Å². The summed E-state index contributed by atoms with van der Waals surface area (Å²) in [5, 5.41) is 18.5. The number of imidazole rings is 1. The first-order valence-corrected chi connectivity index (χ1v) is 8.24. The highest BCUT2D eigenvalue weighted by atomic mass is 16.6. The van der Waals surface area contributed by atoms with Crippen LogP contribution >= 0.6 is 0 Å². The van der Waals surface area contributed by atoms with Crippen LogP contribution < -0.4 is 10.1 Å². The monoisotopic (exact) mass is 355 g/mol. The van der Waals surface area contributed by atoms with Crippen LogP contribution in [0.25, 0.3) is 5.65 Å². The molecule has 0 saturated carbocycles. The van der Waals surface area contributed by atoms with Crippen LogP contribution in [-0.4, -0.2) is 25.1 Å². The van der Waals surface area contributed by atoms with Gasteiger partial charge in [-0.1, -0.05) is 21.7 Å². The quantitative estimate of drug-likeness (QED) is 0.553. The number of fused-ring (bicyclic) bond motifs is 1. The molecule has 0 fully saturated rings. The summed E-state index contributed by atoms with van der Waals surface area (Å²) < 4.78 is 7.26. The maximum absolute atomic E-state index is 11.0. The molecule has 3 rings (SSSR count). The molecule has 0 aliphatic carbocycles. The summed E-state index contributed by atoms with van der Waals surface area (Å²) >= 11 is 0. The van der Waals surface area contributed by atoms with Gasteiger partial charge >= 0.3 is 5.82 Å². The summed E-state index contributed by atoms with van der Waals surface area (Å²) in [5.74, 6) is 1.15. The number of rotatable bonds is 5. The van der Waals surface area contributed by atoms with Crippen LogP contribution in [0.4, 0.5) is 11.6 Å². The Balaban J connectivity index is 1.84. The van der Waals surface area contributed by atoms with Crippen molar-refractivity contribution in [1.29, 1.82) is 0 Å². The fourth-order valence-electron chi connectivity index (χ4n) is 2.50. The van der Waals surface area contributed by atoms with Gasteiger partial charge in [-0.25, -0.2) is 4.98 Å². The average Bonchev–Trinajstić information content (AvgIpc) is 2.96. The number of anilines is 1. The first-order chi connectivity index (χ1) is 12.2. The minimum atomic E-state index is -0.508. The molecule has 0 amide bonds. The van der Waals surface area contributed by atoms with Crippen LogP contribution in [0.1, 0.15) is 31.9 Å². The van der Waals surface area contributed by atoms with Crippen molar-refractivity contribution in [1.82, 2.24) is 14.6 Å². The van der Waals surface area contributed by atoms with Crippen molar-refractivity contribution in [2.24, 2.45) is 0 Å². The van der Waals surface area contributed by atoms with Gasteiger partial charge in [0, 0.05) is 18.2 Å². The molecule has 0 bridgehead atoms. The van der Waals surface area contributed by atoms with E-state index in [2.05, 4.69) is 15.4 Å². The van der Waals surface area contributed by atoms with Gasteiger partial charge in [0.05, 0.1) is 0 Å². The summed E-state index contributed by atoms with van der Waals surface area (Å²) in [6, 6.07) is 9.44. The molecule has 1 aromatic carbocycles. The number of hydrogen-bond donors (Lipinski definition) is 1. The Hall–Kier alpha value is -3.16. The van der Waals surface area contributed by atoms with Gasteiger partial charge in [0.2, 0.25) is 5.65 Å². The van der Waals surface area contributed by atoms with E-state index in [0.717, 1.165) is 16.9 Å². The molecule has 0 radical (unpaired) electrons. The number of ether oxygens (including phenoxy) is 1. The molecule has 0 aliphatic heterocycles. The van der Waals surface area contributed by atoms with Crippen molar-refractivity contribution >= 4 is 17.3 Å². The number of nitro groups is 1. The van der Waals surface area contributed by atoms with Crippen LogP contribution in [0.2, 0.25) is 0 Å². The third-order valence-electron chi connectivity index (χ3n) is 3.63. The number of nitrogens with one attached hydrogen (secondary N) is 1. The number of aryl methyl sites for hydroxylation is 1. The Morgan fingerprint density at radius 3 is 2.73 bits per heavy atom. The molecule has 1 N–H and O–H groups in total. The number of benzene rings is 1. The minimum Gasteiger partial charge on any atom is -0.488 e. The molecule has 2 heterocycles. The fraction of sp³-hybridized carbons (Fsp3) is 0.333.